The van der Waals surface area contributed by atoms with Crippen LogP contribution in [-0.2, 0) is 14.3 Å². The minimum Gasteiger partial charge on any atom is -0.466 e. The van der Waals surface area contributed by atoms with Gasteiger partial charge in [0.15, 0.2) is 0 Å². The lowest BCUT2D eigenvalue weighted by molar-refractivity contribution is -0.143. The van der Waals surface area contributed by atoms with Crippen molar-refractivity contribution in [3.05, 3.63) is 36.5 Å². The van der Waals surface area contributed by atoms with Gasteiger partial charge in [-0.3, -0.25) is 9.59 Å². The number of hydrogen-bond acceptors (Lipinski definition) is 5. The zero-order valence-corrected chi connectivity index (χ0v) is 52.7. The maximum Gasteiger partial charge on any atom is 0.305 e. The monoisotopic (exact) mass is 1100 g/mol. The summed E-state index contributed by atoms with van der Waals surface area (Å²) < 4.78 is 5.47. The average molecular weight is 1100 g/mol. The molecule has 1 amide bonds. The minimum absolute atomic E-state index is 0.00926. The van der Waals surface area contributed by atoms with E-state index in [1.807, 2.05) is 0 Å². The SMILES string of the molecule is CCCC/C=C\CCCCCCCC(=O)OCCCCCCCCCCCCCCCCC/C=C\C/C=C\CCCCCCCCCCCCCCCCCCCC(=O)NC(CO)C(O)CCCCCCCCCCCCC. The van der Waals surface area contributed by atoms with Crippen molar-refractivity contribution in [2.45, 2.75) is 398 Å². The first kappa shape index (κ1) is 76.1. The van der Waals surface area contributed by atoms with Gasteiger partial charge in [0, 0.05) is 12.8 Å². The minimum atomic E-state index is -0.660. The van der Waals surface area contributed by atoms with E-state index in [2.05, 4.69) is 55.6 Å². The molecule has 0 aromatic heterocycles. The van der Waals surface area contributed by atoms with Crippen molar-refractivity contribution in [2.75, 3.05) is 13.2 Å². The van der Waals surface area contributed by atoms with Crippen LogP contribution in [0.4, 0.5) is 0 Å². The zero-order chi connectivity index (χ0) is 56.4. The highest BCUT2D eigenvalue weighted by molar-refractivity contribution is 5.76. The van der Waals surface area contributed by atoms with Gasteiger partial charge in [-0.15, -0.1) is 0 Å². The number of nitrogens with one attached hydrogen (secondary N) is 1. The van der Waals surface area contributed by atoms with Gasteiger partial charge in [0.05, 0.1) is 25.4 Å². The number of carbonyl (C=O) groups excluding carboxylic acids is 2. The molecular formula is C72H137NO5. The molecule has 3 N–H and O–H groups in total. The number of aliphatic hydroxyl groups is 2. The molecule has 0 aromatic carbocycles. The molecule has 0 saturated carbocycles. The fourth-order valence-electron chi connectivity index (χ4n) is 11.0. The number of unbranched alkanes of at least 4 members (excludes halogenated alkanes) is 49. The normalized spacial score (nSPS) is 12.7. The Kier molecular flexibility index (Phi) is 65.9. The maximum atomic E-state index is 12.5. The topological polar surface area (TPSA) is 95.9 Å². The van der Waals surface area contributed by atoms with E-state index in [-0.39, 0.29) is 18.5 Å². The molecule has 0 rings (SSSR count). The lowest BCUT2D eigenvalue weighted by Crippen LogP contribution is -2.45. The van der Waals surface area contributed by atoms with E-state index in [0.29, 0.717) is 25.9 Å². The predicted octanol–water partition coefficient (Wildman–Crippen LogP) is 22.7. The Labute approximate surface area is 487 Å². The largest absolute Gasteiger partial charge is 0.466 e. The van der Waals surface area contributed by atoms with Gasteiger partial charge in [0.2, 0.25) is 5.91 Å². The number of rotatable bonds is 66. The van der Waals surface area contributed by atoms with Crippen LogP contribution in [0.15, 0.2) is 36.5 Å². The third-order valence-electron chi connectivity index (χ3n) is 16.4. The Hall–Kier alpha value is -1.92. The summed E-state index contributed by atoms with van der Waals surface area (Å²) in [5.74, 6) is -0.0220. The van der Waals surface area contributed by atoms with Crippen LogP contribution in [-0.4, -0.2) is 47.4 Å². The number of amides is 1. The maximum absolute atomic E-state index is 12.5. The van der Waals surface area contributed by atoms with Crippen LogP contribution in [0.3, 0.4) is 0 Å². The molecule has 0 saturated heterocycles. The Morgan fingerprint density at radius 2 is 0.654 bits per heavy atom. The summed E-state index contributed by atoms with van der Waals surface area (Å²) in [6.45, 7) is 4.93. The highest BCUT2D eigenvalue weighted by atomic mass is 16.5. The molecule has 2 atom stereocenters. The molecule has 0 bridgehead atoms. The van der Waals surface area contributed by atoms with Crippen molar-refractivity contribution in [3.8, 4) is 0 Å². The number of esters is 1. The van der Waals surface area contributed by atoms with Crippen molar-refractivity contribution in [1.29, 1.82) is 0 Å². The van der Waals surface area contributed by atoms with Gasteiger partial charge in [-0.2, -0.15) is 0 Å². The van der Waals surface area contributed by atoms with E-state index in [1.54, 1.807) is 0 Å². The molecule has 0 radical (unpaired) electrons. The van der Waals surface area contributed by atoms with E-state index >= 15 is 0 Å². The van der Waals surface area contributed by atoms with Gasteiger partial charge in [0.1, 0.15) is 0 Å². The molecular weight excluding hydrogens is 959 g/mol. The highest BCUT2D eigenvalue weighted by Gasteiger charge is 2.20. The Morgan fingerprint density at radius 1 is 0.359 bits per heavy atom. The van der Waals surface area contributed by atoms with Crippen molar-refractivity contribution in [2.24, 2.45) is 0 Å². The fourth-order valence-corrected chi connectivity index (χ4v) is 11.0. The third-order valence-corrected chi connectivity index (χ3v) is 16.4. The number of aliphatic hydroxyl groups excluding tert-OH is 2. The van der Waals surface area contributed by atoms with Crippen molar-refractivity contribution >= 4 is 11.9 Å². The second-order valence-electron chi connectivity index (χ2n) is 24.2. The van der Waals surface area contributed by atoms with Gasteiger partial charge in [-0.05, 0) is 77.0 Å². The second kappa shape index (κ2) is 67.6. The first-order chi connectivity index (χ1) is 38.5. The quantitative estimate of drug-likeness (QED) is 0.0320. The molecule has 460 valence electrons. The molecule has 0 aliphatic rings. The molecule has 0 aliphatic carbocycles. The van der Waals surface area contributed by atoms with E-state index < -0.39 is 12.1 Å². The molecule has 0 spiro atoms. The highest BCUT2D eigenvalue weighted by Crippen LogP contribution is 2.18. The number of hydrogen-bond donors (Lipinski definition) is 3. The molecule has 78 heavy (non-hydrogen) atoms. The summed E-state index contributed by atoms with van der Waals surface area (Å²) in [5, 5.41) is 23.2. The second-order valence-corrected chi connectivity index (χ2v) is 24.2. The van der Waals surface area contributed by atoms with Crippen molar-refractivity contribution in [1.82, 2.24) is 5.32 Å². The lowest BCUT2D eigenvalue weighted by atomic mass is 10.0. The van der Waals surface area contributed by atoms with Crippen LogP contribution in [0, 0.1) is 0 Å². The summed E-state index contributed by atoms with van der Waals surface area (Å²) in [6.07, 6.45) is 86.5. The summed E-state index contributed by atoms with van der Waals surface area (Å²) in [4.78, 5) is 24.5. The van der Waals surface area contributed by atoms with E-state index in [0.717, 1.165) is 51.4 Å². The van der Waals surface area contributed by atoms with Crippen molar-refractivity contribution < 1.29 is 24.5 Å². The van der Waals surface area contributed by atoms with Crippen LogP contribution in [0.25, 0.3) is 0 Å². The summed E-state index contributed by atoms with van der Waals surface area (Å²) in [5.41, 5.74) is 0. The van der Waals surface area contributed by atoms with Crippen LogP contribution < -0.4 is 5.32 Å². The van der Waals surface area contributed by atoms with Crippen LogP contribution in [0.1, 0.15) is 386 Å². The van der Waals surface area contributed by atoms with Gasteiger partial charge >= 0.3 is 5.97 Å². The molecule has 0 heterocycles. The molecule has 6 heteroatoms. The van der Waals surface area contributed by atoms with Crippen molar-refractivity contribution in [3.63, 3.8) is 0 Å². The average Bonchev–Trinajstić information content (AvgIpc) is 3.44. The first-order valence-corrected chi connectivity index (χ1v) is 35.2. The predicted molar refractivity (Wildman–Crippen MR) is 343 cm³/mol. The number of allylic oxidation sites excluding steroid dienone is 6. The Bertz CT molecular complexity index is 1260. The van der Waals surface area contributed by atoms with E-state index in [9.17, 15) is 19.8 Å². The summed E-state index contributed by atoms with van der Waals surface area (Å²) in [6, 6.07) is -0.537. The van der Waals surface area contributed by atoms with E-state index in [1.165, 1.54) is 302 Å². The van der Waals surface area contributed by atoms with Crippen LogP contribution in [0.2, 0.25) is 0 Å². The number of ether oxygens (including phenoxy) is 1. The summed E-state index contributed by atoms with van der Waals surface area (Å²) >= 11 is 0. The van der Waals surface area contributed by atoms with E-state index in [4.69, 9.17) is 4.74 Å². The van der Waals surface area contributed by atoms with Gasteiger partial charge in [-0.1, -0.05) is 333 Å². The molecule has 2 unspecified atom stereocenters. The number of carbonyl (C=O) groups is 2. The van der Waals surface area contributed by atoms with Crippen LogP contribution >= 0.6 is 0 Å². The zero-order valence-electron chi connectivity index (χ0n) is 52.7. The smallest absolute Gasteiger partial charge is 0.305 e. The Morgan fingerprint density at radius 3 is 1.03 bits per heavy atom. The van der Waals surface area contributed by atoms with Gasteiger partial charge in [-0.25, -0.2) is 0 Å². The lowest BCUT2D eigenvalue weighted by Gasteiger charge is -2.22. The Balaban J connectivity index is 3.33. The third kappa shape index (κ3) is 63.3. The standard InChI is InChI=1S/C72H137NO5/c1-3-5-7-9-11-13-44-48-52-56-60-64-70(75)69(68-74)73-71(76)65-61-57-53-49-46-42-40-38-36-34-32-30-28-26-24-22-20-18-16-15-17-19-21-23-25-27-29-31-33-35-37-39-41-43-47-51-55-59-63-67-78-72(77)66-62-58-54-50-45-14-12-10-8-6-4-2/h10,12,15-16,19,21,69-70,74-75H,3-9,11,13-14,17-18,20,22-68H2,1-2H3,(H,73,76)/b12-10-,16-15-,21-19-. The van der Waals surface area contributed by atoms with Gasteiger partial charge in [0.25, 0.3) is 0 Å². The summed E-state index contributed by atoms with van der Waals surface area (Å²) in [7, 11) is 0. The molecule has 6 nitrogen and oxygen atoms in total. The van der Waals surface area contributed by atoms with Gasteiger partial charge < -0.3 is 20.3 Å². The van der Waals surface area contributed by atoms with Crippen LogP contribution in [0.5, 0.6) is 0 Å². The first-order valence-electron chi connectivity index (χ1n) is 35.2. The molecule has 0 aliphatic heterocycles. The fraction of sp³-hybridized carbons (Fsp3) is 0.889. The molecule has 0 fully saturated rings. The molecule has 0 aromatic rings.